The largest absolute Gasteiger partial charge is 0.418 e. The number of anilines is 1. The second-order valence-electron chi connectivity index (χ2n) is 5.83. The van der Waals surface area contributed by atoms with E-state index in [-0.39, 0.29) is 18.7 Å². The summed E-state index contributed by atoms with van der Waals surface area (Å²) in [5.74, 6) is -0.963. The van der Waals surface area contributed by atoms with Crippen LogP contribution in [0, 0.1) is 11.3 Å². The van der Waals surface area contributed by atoms with Gasteiger partial charge in [0.2, 0.25) is 0 Å². The number of rotatable bonds is 7. The van der Waals surface area contributed by atoms with Gasteiger partial charge in [-0.25, -0.2) is 0 Å². The van der Waals surface area contributed by atoms with E-state index in [1.54, 1.807) is 11.0 Å². The van der Waals surface area contributed by atoms with E-state index < -0.39 is 23.3 Å². The van der Waals surface area contributed by atoms with E-state index in [9.17, 15) is 28.3 Å². The van der Waals surface area contributed by atoms with Gasteiger partial charge >= 0.3 is 6.18 Å². The number of hydrogen-bond donors (Lipinski definition) is 2. The molecular weight excluding hydrogens is 371 g/mol. The van der Waals surface area contributed by atoms with Crippen molar-refractivity contribution in [1.82, 2.24) is 4.90 Å². The van der Waals surface area contributed by atoms with Gasteiger partial charge in [0.15, 0.2) is 0 Å². The maximum atomic E-state index is 13.1. The number of amides is 1. The van der Waals surface area contributed by atoms with Gasteiger partial charge in [0.25, 0.3) is 5.91 Å². The van der Waals surface area contributed by atoms with Gasteiger partial charge < -0.3 is 15.3 Å². The molecule has 0 radical (unpaired) electrons. The van der Waals surface area contributed by atoms with E-state index in [1.807, 2.05) is 30.3 Å². The van der Waals surface area contributed by atoms with E-state index in [1.165, 1.54) is 18.3 Å². The molecule has 0 aliphatic heterocycles. The predicted octanol–water partition coefficient (Wildman–Crippen LogP) is 3.55. The first-order valence-electron chi connectivity index (χ1n) is 8.33. The number of nitrogens with one attached hydrogen (secondary N) is 1. The van der Waals surface area contributed by atoms with Gasteiger partial charge in [-0.1, -0.05) is 42.5 Å². The zero-order chi connectivity index (χ0) is 20.6. The summed E-state index contributed by atoms with van der Waals surface area (Å²) in [4.78, 5) is 13.9. The lowest BCUT2D eigenvalue weighted by Crippen LogP contribution is -2.24. The molecule has 2 N–H and O–H groups in total. The Hall–Kier alpha value is -3.31. The molecule has 0 heterocycles. The fraction of sp³-hybridized carbons (Fsp3) is 0.200. The molecule has 0 aromatic heterocycles. The molecule has 0 unspecified atom stereocenters. The standard InChI is InChI=1S/C20H18F3N3O2/c21-20(22,23)17-8-4-5-9-18(17)25-19(28)16(12-24)14-26(10-11-27)13-15-6-2-1-3-7-15/h1-9,14,27H,10-11,13H2,(H,25,28)/b16-14-. The van der Waals surface area contributed by atoms with Crippen LogP contribution in [0.15, 0.2) is 66.4 Å². The van der Waals surface area contributed by atoms with Crippen molar-refractivity contribution in [1.29, 1.82) is 5.26 Å². The Morgan fingerprint density at radius 1 is 1.14 bits per heavy atom. The summed E-state index contributed by atoms with van der Waals surface area (Å²) in [6, 6.07) is 15.4. The molecule has 0 atom stereocenters. The number of benzene rings is 2. The van der Waals surface area contributed by atoms with Crippen LogP contribution in [0.25, 0.3) is 0 Å². The zero-order valence-electron chi connectivity index (χ0n) is 14.8. The molecule has 2 aromatic rings. The van der Waals surface area contributed by atoms with E-state index in [2.05, 4.69) is 5.32 Å². The quantitative estimate of drug-likeness (QED) is 0.561. The smallest absolute Gasteiger partial charge is 0.395 e. The Morgan fingerprint density at radius 3 is 2.39 bits per heavy atom. The summed E-state index contributed by atoms with van der Waals surface area (Å²) in [6.45, 7) is 0.242. The molecule has 146 valence electrons. The number of para-hydroxylation sites is 1. The molecule has 1 amide bonds. The molecule has 0 aliphatic rings. The summed E-state index contributed by atoms with van der Waals surface area (Å²) in [5, 5.41) is 20.7. The van der Waals surface area contributed by atoms with Crippen molar-refractivity contribution >= 4 is 11.6 Å². The number of halogens is 3. The van der Waals surface area contributed by atoms with Crippen LogP contribution in [0.3, 0.4) is 0 Å². The number of carbonyl (C=O) groups is 1. The molecule has 0 bridgehead atoms. The highest BCUT2D eigenvalue weighted by Gasteiger charge is 2.33. The van der Waals surface area contributed by atoms with Crippen molar-refractivity contribution in [2.45, 2.75) is 12.7 Å². The van der Waals surface area contributed by atoms with E-state index >= 15 is 0 Å². The Balaban J connectivity index is 2.23. The van der Waals surface area contributed by atoms with Crippen molar-refractivity contribution in [2.24, 2.45) is 0 Å². The predicted molar refractivity (Wildman–Crippen MR) is 97.7 cm³/mol. The number of aliphatic hydroxyl groups excluding tert-OH is 1. The van der Waals surface area contributed by atoms with Crippen LogP contribution in [0.4, 0.5) is 18.9 Å². The normalized spacial score (nSPS) is 11.6. The molecule has 0 spiro atoms. The fourth-order valence-electron chi connectivity index (χ4n) is 2.49. The Morgan fingerprint density at radius 2 is 1.79 bits per heavy atom. The average Bonchev–Trinajstić information content (AvgIpc) is 2.66. The van der Waals surface area contributed by atoms with Crippen molar-refractivity contribution in [3.63, 3.8) is 0 Å². The second kappa shape index (κ2) is 9.58. The Kier molecular flexibility index (Phi) is 7.18. The lowest BCUT2D eigenvalue weighted by Gasteiger charge is -2.20. The third kappa shape index (κ3) is 5.86. The number of alkyl halides is 3. The van der Waals surface area contributed by atoms with Gasteiger partial charge in [-0.05, 0) is 17.7 Å². The molecule has 2 aromatic carbocycles. The summed E-state index contributed by atoms with van der Waals surface area (Å²) in [6.07, 6.45) is -3.41. The van der Waals surface area contributed by atoms with Crippen molar-refractivity contribution in [3.8, 4) is 6.07 Å². The van der Waals surface area contributed by atoms with Gasteiger partial charge in [0.1, 0.15) is 11.6 Å². The van der Waals surface area contributed by atoms with Crippen LogP contribution in [-0.2, 0) is 17.5 Å². The molecular formula is C20H18F3N3O2. The molecule has 0 fully saturated rings. The maximum absolute atomic E-state index is 13.1. The highest BCUT2D eigenvalue weighted by Crippen LogP contribution is 2.34. The lowest BCUT2D eigenvalue weighted by atomic mass is 10.1. The van der Waals surface area contributed by atoms with E-state index in [4.69, 9.17) is 0 Å². The minimum atomic E-state index is -4.64. The molecule has 8 heteroatoms. The molecule has 2 rings (SSSR count). The molecule has 0 saturated heterocycles. The lowest BCUT2D eigenvalue weighted by molar-refractivity contribution is -0.137. The third-order valence-corrected chi connectivity index (χ3v) is 3.77. The van der Waals surface area contributed by atoms with Gasteiger partial charge in [-0.2, -0.15) is 18.4 Å². The number of nitriles is 1. The molecule has 0 saturated carbocycles. The minimum absolute atomic E-state index is 0.145. The fourth-order valence-corrected chi connectivity index (χ4v) is 2.49. The number of hydrogen-bond acceptors (Lipinski definition) is 4. The van der Waals surface area contributed by atoms with Crippen LogP contribution >= 0.6 is 0 Å². The minimum Gasteiger partial charge on any atom is -0.395 e. The van der Waals surface area contributed by atoms with Crippen LogP contribution in [0.1, 0.15) is 11.1 Å². The first-order valence-corrected chi connectivity index (χ1v) is 8.33. The Bertz CT molecular complexity index is 874. The first-order chi connectivity index (χ1) is 13.3. The van der Waals surface area contributed by atoms with Crippen LogP contribution in [0.2, 0.25) is 0 Å². The van der Waals surface area contributed by atoms with E-state index in [0.717, 1.165) is 17.7 Å². The average molecular weight is 389 g/mol. The van der Waals surface area contributed by atoms with E-state index in [0.29, 0.717) is 6.54 Å². The van der Waals surface area contributed by atoms with Gasteiger partial charge in [0, 0.05) is 19.3 Å². The Labute approximate surface area is 160 Å². The van der Waals surface area contributed by atoms with Crippen molar-refractivity contribution in [2.75, 3.05) is 18.5 Å². The third-order valence-electron chi connectivity index (χ3n) is 3.77. The summed E-state index contributed by atoms with van der Waals surface area (Å²) < 4.78 is 39.2. The van der Waals surface area contributed by atoms with Gasteiger partial charge in [-0.3, -0.25) is 4.79 Å². The monoisotopic (exact) mass is 389 g/mol. The van der Waals surface area contributed by atoms with Crippen LogP contribution in [-0.4, -0.2) is 29.1 Å². The summed E-state index contributed by atoms with van der Waals surface area (Å²) >= 11 is 0. The SMILES string of the molecule is N#C/C(=C/N(CCO)Cc1ccccc1)C(=O)Nc1ccccc1C(F)(F)F. The first kappa shape index (κ1) is 21.0. The van der Waals surface area contributed by atoms with Crippen molar-refractivity contribution < 1.29 is 23.1 Å². The summed E-state index contributed by atoms with van der Waals surface area (Å²) in [5.41, 5.74) is -0.927. The molecule has 5 nitrogen and oxygen atoms in total. The van der Waals surface area contributed by atoms with Gasteiger partial charge in [-0.15, -0.1) is 0 Å². The highest BCUT2D eigenvalue weighted by molar-refractivity contribution is 6.06. The topological polar surface area (TPSA) is 76.4 Å². The summed E-state index contributed by atoms with van der Waals surface area (Å²) in [7, 11) is 0. The highest BCUT2D eigenvalue weighted by atomic mass is 19.4. The zero-order valence-corrected chi connectivity index (χ0v) is 14.8. The number of nitrogens with zero attached hydrogens (tertiary/aromatic N) is 2. The maximum Gasteiger partial charge on any atom is 0.418 e. The number of aliphatic hydroxyl groups is 1. The molecule has 0 aliphatic carbocycles. The molecule has 28 heavy (non-hydrogen) atoms. The van der Waals surface area contributed by atoms with Crippen LogP contribution < -0.4 is 5.32 Å². The second-order valence-corrected chi connectivity index (χ2v) is 5.83. The van der Waals surface area contributed by atoms with Gasteiger partial charge in [0.05, 0.1) is 17.9 Å². The van der Waals surface area contributed by atoms with Crippen LogP contribution in [0.5, 0.6) is 0 Å². The van der Waals surface area contributed by atoms with Crippen molar-refractivity contribution in [3.05, 3.63) is 77.5 Å². The number of carbonyl (C=O) groups excluding carboxylic acids is 1.